The number of benzene rings is 1. The molecule has 6 heteroatoms. The Bertz CT molecular complexity index is 564. The van der Waals surface area contributed by atoms with Crippen molar-refractivity contribution in [3.63, 3.8) is 0 Å². The zero-order valence-corrected chi connectivity index (χ0v) is 16.0. The maximum Gasteiger partial charge on any atom is 0.251 e. The van der Waals surface area contributed by atoms with Crippen LogP contribution in [0.15, 0.2) is 29.3 Å². The third-order valence-corrected chi connectivity index (χ3v) is 4.68. The van der Waals surface area contributed by atoms with Crippen molar-refractivity contribution >= 4 is 11.9 Å². The minimum Gasteiger partial charge on any atom is -0.376 e. The van der Waals surface area contributed by atoms with Crippen molar-refractivity contribution in [1.29, 1.82) is 0 Å². The topological polar surface area (TPSA) is 74.8 Å². The summed E-state index contributed by atoms with van der Waals surface area (Å²) < 4.78 is 5.98. The number of carbonyl (C=O) groups excluding carboxylic acids is 1. The predicted octanol–water partition coefficient (Wildman–Crippen LogP) is 2.45. The molecule has 1 aliphatic carbocycles. The quantitative estimate of drug-likeness (QED) is 0.302. The van der Waals surface area contributed by atoms with Crippen LogP contribution in [-0.2, 0) is 11.3 Å². The van der Waals surface area contributed by atoms with Crippen molar-refractivity contribution < 1.29 is 9.53 Å². The van der Waals surface area contributed by atoms with Crippen LogP contribution >= 0.6 is 0 Å². The molecule has 0 atom stereocenters. The molecule has 1 amide bonds. The van der Waals surface area contributed by atoms with E-state index >= 15 is 0 Å². The lowest BCUT2D eigenvalue weighted by Gasteiger charge is -2.17. The Morgan fingerprint density at radius 2 is 1.81 bits per heavy atom. The third kappa shape index (κ3) is 7.04. The van der Waals surface area contributed by atoms with E-state index < -0.39 is 0 Å². The molecule has 144 valence electrons. The summed E-state index contributed by atoms with van der Waals surface area (Å²) in [5, 5.41) is 9.18. The SMILES string of the molecule is CN=C(NCCOC1CCCCCC1)NCc1ccc(C(=O)NC)cc1. The molecule has 1 aromatic rings. The van der Waals surface area contributed by atoms with Gasteiger partial charge in [-0.3, -0.25) is 9.79 Å². The molecule has 1 saturated carbocycles. The Hall–Kier alpha value is -2.08. The predicted molar refractivity (Wildman–Crippen MR) is 105 cm³/mol. The van der Waals surface area contributed by atoms with E-state index in [0.717, 1.165) is 18.1 Å². The summed E-state index contributed by atoms with van der Waals surface area (Å²) in [4.78, 5) is 15.8. The van der Waals surface area contributed by atoms with Crippen LogP contribution in [0, 0.1) is 0 Å². The fraction of sp³-hybridized carbons (Fsp3) is 0.600. The minimum atomic E-state index is -0.0735. The maximum atomic E-state index is 11.5. The summed E-state index contributed by atoms with van der Waals surface area (Å²) >= 11 is 0. The molecule has 0 heterocycles. The monoisotopic (exact) mass is 360 g/mol. The molecule has 1 aliphatic rings. The average molecular weight is 361 g/mol. The highest BCUT2D eigenvalue weighted by molar-refractivity contribution is 5.93. The highest BCUT2D eigenvalue weighted by Gasteiger charge is 2.12. The number of rotatable bonds is 7. The van der Waals surface area contributed by atoms with Crippen LogP contribution in [-0.4, -0.2) is 45.2 Å². The van der Waals surface area contributed by atoms with Crippen LogP contribution in [0.2, 0.25) is 0 Å². The molecular weight excluding hydrogens is 328 g/mol. The zero-order chi connectivity index (χ0) is 18.6. The van der Waals surface area contributed by atoms with Gasteiger partial charge in [-0.15, -0.1) is 0 Å². The van der Waals surface area contributed by atoms with Gasteiger partial charge in [0.1, 0.15) is 0 Å². The van der Waals surface area contributed by atoms with Gasteiger partial charge in [0.15, 0.2) is 5.96 Å². The van der Waals surface area contributed by atoms with Crippen molar-refractivity contribution in [1.82, 2.24) is 16.0 Å². The number of ether oxygens (including phenoxy) is 1. The molecule has 0 bridgehead atoms. The van der Waals surface area contributed by atoms with Crippen molar-refractivity contribution in [3.05, 3.63) is 35.4 Å². The molecule has 3 N–H and O–H groups in total. The molecule has 0 spiro atoms. The van der Waals surface area contributed by atoms with Crippen molar-refractivity contribution in [3.8, 4) is 0 Å². The normalized spacial score (nSPS) is 16.0. The van der Waals surface area contributed by atoms with Crippen LogP contribution in [0.5, 0.6) is 0 Å². The number of guanidine groups is 1. The fourth-order valence-corrected chi connectivity index (χ4v) is 3.13. The van der Waals surface area contributed by atoms with E-state index in [1.807, 2.05) is 24.3 Å². The number of nitrogens with zero attached hydrogens (tertiary/aromatic N) is 1. The number of amides is 1. The third-order valence-electron chi connectivity index (χ3n) is 4.68. The van der Waals surface area contributed by atoms with Gasteiger partial charge >= 0.3 is 0 Å². The maximum absolute atomic E-state index is 11.5. The summed E-state index contributed by atoms with van der Waals surface area (Å²) in [5.41, 5.74) is 1.75. The lowest BCUT2D eigenvalue weighted by Crippen LogP contribution is -2.38. The van der Waals surface area contributed by atoms with Crippen LogP contribution in [0.25, 0.3) is 0 Å². The molecule has 26 heavy (non-hydrogen) atoms. The lowest BCUT2D eigenvalue weighted by molar-refractivity contribution is 0.0468. The summed E-state index contributed by atoms with van der Waals surface area (Å²) in [6.45, 7) is 2.09. The largest absolute Gasteiger partial charge is 0.376 e. The second kappa shape index (κ2) is 11.5. The van der Waals surface area contributed by atoms with Gasteiger partial charge in [-0.25, -0.2) is 0 Å². The van der Waals surface area contributed by atoms with E-state index in [2.05, 4.69) is 20.9 Å². The van der Waals surface area contributed by atoms with E-state index in [1.165, 1.54) is 38.5 Å². The van der Waals surface area contributed by atoms with Gasteiger partial charge in [0.2, 0.25) is 0 Å². The van der Waals surface area contributed by atoms with Crippen molar-refractivity contribution in [2.75, 3.05) is 27.2 Å². The Morgan fingerprint density at radius 1 is 1.12 bits per heavy atom. The molecule has 1 aromatic carbocycles. The molecule has 1 fully saturated rings. The second-order valence-electron chi connectivity index (χ2n) is 6.61. The van der Waals surface area contributed by atoms with E-state index in [4.69, 9.17) is 4.74 Å². The Balaban J connectivity index is 1.66. The van der Waals surface area contributed by atoms with E-state index in [9.17, 15) is 4.79 Å². The average Bonchev–Trinajstić information content (AvgIpc) is 2.96. The number of carbonyl (C=O) groups is 1. The lowest BCUT2D eigenvalue weighted by atomic mass is 10.1. The van der Waals surface area contributed by atoms with Gasteiger partial charge in [0, 0.05) is 32.7 Å². The van der Waals surface area contributed by atoms with E-state index in [-0.39, 0.29) is 5.91 Å². The van der Waals surface area contributed by atoms with Crippen LogP contribution in [0.4, 0.5) is 0 Å². The van der Waals surface area contributed by atoms with Gasteiger partial charge in [-0.05, 0) is 30.5 Å². The van der Waals surface area contributed by atoms with Gasteiger partial charge in [-0.2, -0.15) is 0 Å². The van der Waals surface area contributed by atoms with Gasteiger partial charge < -0.3 is 20.7 Å². The number of aliphatic imine (C=N–C) groups is 1. The first-order chi connectivity index (χ1) is 12.7. The molecule has 0 aliphatic heterocycles. The fourth-order valence-electron chi connectivity index (χ4n) is 3.13. The van der Waals surface area contributed by atoms with Gasteiger partial charge in [0.05, 0.1) is 12.7 Å². The summed E-state index contributed by atoms with van der Waals surface area (Å²) in [6.07, 6.45) is 8.09. The molecular formula is C20H32N4O2. The van der Waals surface area contributed by atoms with Crippen molar-refractivity contribution in [2.45, 2.75) is 51.2 Å². The van der Waals surface area contributed by atoms with Gasteiger partial charge in [-0.1, -0.05) is 37.8 Å². The first-order valence-corrected chi connectivity index (χ1v) is 9.60. The van der Waals surface area contributed by atoms with Crippen molar-refractivity contribution in [2.24, 2.45) is 4.99 Å². The summed E-state index contributed by atoms with van der Waals surface area (Å²) in [6, 6.07) is 7.54. The van der Waals surface area contributed by atoms with Crippen LogP contribution < -0.4 is 16.0 Å². The molecule has 0 saturated heterocycles. The molecule has 6 nitrogen and oxygen atoms in total. The summed E-state index contributed by atoms with van der Waals surface area (Å²) in [5.74, 6) is 0.681. The number of nitrogens with one attached hydrogen (secondary N) is 3. The van der Waals surface area contributed by atoms with Crippen LogP contribution in [0.3, 0.4) is 0 Å². The summed E-state index contributed by atoms with van der Waals surface area (Å²) in [7, 11) is 3.39. The molecule has 0 aromatic heterocycles. The first-order valence-electron chi connectivity index (χ1n) is 9.60. The first kappa shape index (κ1) is 20.2. The van der Waals surface area contributed by atoms with Gasteiger partial charge in [0.25, 0.3) is 5.91 Å². The van der Waals surface area contributed by atoms with E-state index in [1.54, 1.807) is 14.1 Å². The molecule has 0 unspecified atom stereocenters. The highest BCUT2D eigenvalue weighted by atomic mass is 16.5. The number of hydrogen-bond donors (Lipinski definition) is 3. The Morgan fingerprint density at radius 3 is 2.42 bits per heavy atom. The van der Waals surface area contributed by atoms with Crippen LogP contribution in [0.1, 0.15) is 54.4 Å². The molecule has 2 rings (SSSR count). The standard InChI is InChI=1S/C20H32N4O2/c1-21-19(25)17-11-9-16(10-12-17)15-24-20(22-2)23-13-14-26-18-7-5-3-4-6-8-18/h9-12,18H,3-8,13-15H2,1-2H3,(H,21,25)(H2,22,23,24). The zero-order valence-electron chi connectivity index (χ0n) is 16.0. The molecule has 0 radical (unpaired) electrons. The number of hydrogen-bond acceptors (Lipinski definition) is 3. The Labute approximate surface area is 156 Å². The second-order valence-corrected chi connectivity index (χ2v) is 6.61. The highest BCUT2D eigenvalue weighted by Crippen LogP contribution is 2.19. The Kier molecular flexibility index (Phi) is 8.96. The minimum absolute atomic E-state index is 0.0735. The van der Waals surface area contributed by atoms with E-state index in [0.29, 0.717) is 24.8 Å². The smallest absolute Gasteiger partial charge is 0.251 e.